The molecule has 4 heteroatoms. The first-order valence-corrected chi connectivity index (χ1v) is 12.4. The van der Waals surface area contributed by atoms with Gasteiger partial charge in [0.1, 0.15) is 5.75 Å². The number of carbonyl (C=O) groups is 1. The molecule has 1 aliphatic carbocycles. The summed E-state index contributed by atoms with van der Waals surface area (Å²) in [6.45, 7) is 4.36. The molecule has 1 atom stereocenters. The number of nitrogens with one attached hydrogen (secondary N) is 1. The lowest BCUT2D eigenvalue weighted by atomic mass is 9.83. The molecule has 1 aromatic heterocycles. The van der Waals surface area contributed by atoms with Crippen molar-refractivity contribution in [1.29, 1.82) is 0 Å². The van der Waals surface area contributed by atoms with Crippen LogP contribution in [0.4, 0.5) is 0 Å². The van der Waals surface area contributed by atoms with E-state index in [0.29, 0.717) is 0 Å². The number of methoxy groups -OCH3 is 1. The highest BCUT2D eigenvalue weighted by Crippen LogP contribution is 2.36. The Hall–Kier alpha value is -2.88. The van der Waals surface area contributed by atoms with Crippen LogP contribution in [0.2, 0.25) is 0 Å². The first-order valence-electron chi connectivity index (χ1n) is 12.4. The molecule has 0 saturated heterocycles. The van der Waals surface area contributed by atoms with Crippen molar-refractivity contribution in [2.75, 3.05) is 7.11 Å². The molecule has 0 bridgehead atoms. The number of allylic oxidation sites excluding steroid dienone is 3. The number of unbranched alkanes of at least 4 members (excludes halogenated alkanes) is 1. The zero-order chi connectivity index (χ0) is 23.5. The largest absolute Gasteiger partial charge is 0.497 e. The number of fused-ring (bicyclic) bond motifs is 1. The van der Waals surface area contributed by atoms with Gasteiger partial charge in [-0.3, -0.25) is 9.78 Å². The van der Waals surface area contributed by atoms with E-state index < -0.39 is 0 Å². The summed E-state index contributed by atoms with van der Waals surface area (Å²) in [7, 11) is 1.72. The highest BCUT2D eigenvalue weighted by Gasteiger charge is 2.18. The summed E-state index contributed by atoms with van der Waals surface area (Å²) < 4.78 is 5.42. The number of ether oxygens (including phenoxy) is 1. The van der Waals surface area contributed by atoms with E-state index in [1.807, 2.05) is 18.3 Å². The van der Waals surface area contributed by atoms with Crippen LogP contribution in [0.1, 0.15) is 75.5 Å². The monoisotopic (exact) mass is 446 g/mol. The Morgan fingerprint density at radius 3 is 2.79 bits per heavy atom. The fourth-order valence-electron chi connectivity index (χ4n) is 4.53. The van der Waals surface area contributed by atoms with Crippen molar-refractivity contribution >= 4 is 11.5 Å². The summed E-state index contributed by atoms with van der Waals surface area (Å²) in [4.78, 5) is 16.9. The Morgan fingerprint density at radius 2 is 2.06 bits per heavy atom. The van der Waals surface area contributed by atoms with E-state index in [2.05, 4.69) is 48.4 Å². The first kappa shape index (κ1) is 24.8. The molecule has 0 spiro atoms. The molecule has 0 saturated carbocycles. The van der Waals surface area contributed by atoms with Crippen molar-refractivity contribution in [2.24, 2.45) is 0 Å². The summed E-state index contributed by atoms with van der Waals surface area (Å²) in [5.74, 6) is 0.919. The smallest absolute Gasteiger partial charge is 0.244 e. The number of aromatic nitrogens is 1. The maximum atomic E-state index is 12.7. The van der Waals surface area contributed by atoms with Crippen LogP contribution in [-0.4, -0.2) is 24.0 Å². The van der Waals surface area contributed by atoms with Crippen LogP contribution in [0.25, 0.3) is 5.57 Å². The zero-order valence-electron chi connectivity index (χ0n) is 20.4. The van der Waals surface area contributed by atoms with Crippen LogP contribution in [0.3, 0.4) is 0 Å². The van der Waals surface area contributed by atoms with Gasteiger partial charge in [-0.15, -0.1) is 0 Å². The fourth-order valence-corrected chi connectivity index (χ4v) is 4.53. The molecule has 33 heavy (non-hydrogen) atoms. The van der Waals surface area contributed by atoms with Crippen LogP contribution in [0.15, 0.2) is 60.5 Å². The quantitative estimate of drug-likeness (QED) is 0.381. The fraction of sp³-hybridized carbons (Fsp3) is 0.448. The van der Waals surface area contributed by atoms with Crippen molar-refractivity contribution in [3.05, 3.63) is 77.1 Å². The Bertz CT molecular complexity index is 963. The van der Waals surface area contributed by atoms with Crippen LogP contribution < -0.4 is 10.1 Å². The third-order valence-electron chi connectivity index (χ3n) is 6.49. The number of pyridine rings is 1. The Morgan fingerprint density at radius 1 is 1.18 bits per heavy atom. The second-order valence-electron chi connectivity index (χ2n) is 8.83. The van der Waals surface area contributed by atoms with E-state index in [0.717, 1.165) is 63.5 Å². The third kappa shape index (κ3) is 7.31. The van der Waals surface area contributed by atoms with Gasteiger partial charge in [-0.05, 0) is 97.4 Å². The van der Waals surface area contributed by atoms with Gasteiger partial charge in [0.05, 0.1) is 7.11 Å². The SMILES string of the molecule is CCCCC1=C(/C=C/C(=O)NC(CC)CCCc2cccnc2)CCc2cc(OC)ccc21. The number of aryl methyl sites for hydroxylation is 2. The second-order valence-corrected chi connectivity index (χ2v) is 8.83. The Balaban J connectivity index is 1.63. The Labute approximate surface area is 199 Å². The minimum Gasteiger partial charge on any atom is -0.497 e. The van der Waals surface area contributed by atoms with Crippen molar-refractivity contribution in [3.8, 4) is 5.75 Å². The molecular weight excluding hydrogens is 408 g/mol. The molecule has 1 aliphatic rings. The molecule has 1 heterocycles. The van der Waals surface area contributed by atoms with Crippen molar-refractivity contribution in [2.45, 2.75) is 77.7 Å². The van der Waals surface area contributed by atoms with Gasteiger partial charge in [0, 0.05) is 24.5 Å². The molecule has 1 amide bonds. The van der Waals surface area contributed by atoms with E-state index in [1.165, 1.54) is 27.8 Å². The topological polar surface area (TPSA) is 51.2 Å². The van der Waals surface area contributed by atoms with Crippen LogP contribution in [0.5, 0.6) is 5.75 Å². The maximum absolute atomic E-state index is 12.7. The maximum Gasteiger partial charge on any atom is 0.244 e. The highest BCUT2D eigenvalue weighted by molar-refractivity contribution is 5.89. The predicted molar refractivity (Wildman–Crippen MR) is 136 cm³/mol. The summed E-state index contributed by atoms with van der Waals surface area (Å²) in [5, 5.41) is 3.20. The van der Waals surface area contributed by atoms with Crippen LogP contribution in [-0.2, 0) is 17.6 Å². The molecule has 3 rings (SSSR count). The van der Waals surface area contributed by atoms with Gasteiger partial charge in [0.25, 0.3) is 0 Å². The lowest BCUT2D eigenvalue weighted by Crippen LogP contribution is -2.33. The first-order chi connectivity index (χ1) is 16.1. The molecule has 1 aromatic carbocycles. The number of hydrogen-bond acceptors (Lipinski definition) is 3. The Kier molecular flexibility index (Phi) is 9.74. The molecular formula is C29H38N2O2. The average molecular weight is 447 g/mol. The molecule has 0 fully saturated rings. The third-order valence-corrected chi connectivity index (χ3v) is 6.49. The molecule has 2 aromatic rings. The van der Waals surface area contributed by atoms with Gasteiger partial charge in [0.15, 0.2) is 0 Å². The van der Waals surface area contributed by atoms with E-state index in [1.54, 1.807) is 19.4 Å². The van der Waals surface area contributed by atoms with Crippen LogP contribution >= 0.6 is 0 Å². The van der Waals surface area contributed by atoms with Gasteiger partial charge in [0.2, 0.25) is 5.91 Å². The highest BCUT2D eigenvalue weighted by atomic mass is 16.5. The minimum absolute atomic E-state index is 0.00565. The standard InChI is InChI=1S/C29H38N2O2/c1-4-6-12-27-23(13-14-24-20-26(33-3)16-17-28(24)27)15-18-29(32)31-25(5-2)11-7-9-22-10-8-19-30-21-22/h8,10,15-21,25H,4-7,9,11-14H2,1-3H3,(H,31,32)/b18-15+. The zero-order valence-corrected chi connectivity index (χ0v) is 20.4. The molecule has 4 nitrogen and oxygen atoms in total. The van der Waals surface area contributed by atoms with Gasteiger partial charge < -0.3 is 10.1 Å². The molecule has 176 valence electrons. The molecule has 1 unspecified atom stereocenters. The van der Waals surface area contributed by atoms with E-state index in [4.69, 9.17) is 4.74 Å². The number of rotatable bonds is 12. The average Bonchev–Trinajstić information content (AvgIpc) is 2.85. The van der Waals surface area contributed by atoms with E-state index in [-0.39, 0.29) is 11.9 Å². The van der Waals surface area contributed by atoms with Gasteiger partial charge >= 0.3 is 0 Å². The van der Waals surface area contributed by atoms with Gasteiger partial charge in [-0.1, -0.05) is 38.5 Å². The van der Waals surface area contributed by atoms with E-state index in [9.17, 15) is 4.79 Å². The summed E-state index contributed by atoms with van der Waals surface area (Å²) >= 11 is 0. The summed E-state index contributed by atoms with van der Waals surface area (Å²) in [5.41, 5.74) is 6.59. The van der Waals surface area contributed by atoms with Crippen LogP contribution in [0, 0.1) is 0 Å². The number of carbonyl (C=O) groups excluding carboxylic acids is 1. The van der Waals surface area contributed by atoms with Crippen molar-refractivity contribution in [3.63, 3.8) is 0 Å². The number of benzene rings is 1. The van der Waals surface area contributed by atoms with E-state index >= 15 is 0 Å². The van der Waals surface area contributed by atoms with Crippen molar-refractivity contribution < 1.29 is 9.53 Å². The minimum atomic E-state index is 0.00565. The van der Waals surface area contributed by atoms with Crippen molar-refractivity contribution in [1.82, 2.24) is 10.3 Å². The number of nitrogens with zero attached hydrogens (tertiary/aromatic N) is 1. The summed E-state index contributed by atoms with van der Waals surface area (Å²) in [6, 6.07) is 10.7. The lowest BCUT2D eigenvalue weighted by molar-refractivity contribution is -0.117. The predicted octanol–water partition coefficient (Wildman–Crippen LogP) is 6.45. The van der Waals surface area contributed by atoms with Gasteiger partial charge in [-0.25, -0.2) is 0 Å². The second kappa shape index (κ2) is 13.0. The summed E-state index contributed by atoms with van der Waals surface area (Å²) in [6.07, 6.45) is 16.8. The molecule has 1 N–H and O–H groups in total. The van der Waals surface area contributed by atoms with Gasteiger partial charge in [-0.2, -0.15) is 0 Å². The molecule has 0 aliphatic heterocycles. The number of hydrogen-bond donors (Lipinski definition) is 1. The molecule has 0 radical (unpaired) electrons. The normalized spacial score (nSPS) is 14.3. The number of amides is 1. The lowest BCUT2D eigenvalue weighted by Gasteiger charge is -2.23.